The van der Waals surface area contributed by atoms with Crippen molar-refractivity contribution in [2.24, 2.45) is 5.92 Å². The van der Waals surface area contributed by atoms with E-state index in [9.17, 15) is 4.79 Å². The first-order chi connectivity index (χ1) is 5.72. The van der Waals surface area contributed by atoms with Gasteiger partial charge in [0.15, 0.2) is 0 Å². The van der Waals surface area contributed by atoms with Crippen molar-refractivity contribution in [1.29, 1.82) is 0 Å². The molecular weight excluding hydrogens is 150 g/mol. The Morgan fingerprint density at radius 1 is 1.67 bits per heavy atom. The molecule has 0 aromatic heterocycles. The summed E-state index contributed by atoms with van der Waals surface area (Å²) in [5.41, 5.74) is 0. The normalized spacial score (nSPS) is 11.8. The molecule has 0 fully saturated rings. The SMILES string of the molecule is C#CCCCNC(=O)[C@@H](C)CC. The summed E-state index contributed by atoms with van der Waals surface area (Å²) in [5.74, 6) is 2.79. The highest BCUT2D eigenvalue weighted by atomic mass is 16.1. The molecule has 0 saturated heterocycles. The molecule has 0 aliphatic carbocycles. The Bertz CT molecular complexity index is 169. The van der Waals surface area contributed by atoms with Crippen LogP contribution in [0.3, 0.4) is 0 Å². The van der Waals surface area contributed by atoms with E-state index in [0.29, 0.717) is 6.54 Å². The van der Waals surface area contributed by atoms with Gasteiger partial charge in [-0.05, 0) is 12.8 Å². The second kappa shape index (κ2) is 6.72. The Balaban J connectivity index is 3.39. The van der Waals surface area contributed by atoms with Gasteiger partial charge in [0.1, 0.15) is 0 Å². The first-order valence-corrected chi connectivity index (χ1v) is 4.43. The van der Waals surface area contributed by atoms with Crippen LogP contribution in [0.15, 0.2) is 0 Å². The molecular formula is C10H17NO. The van der Waals surface area contributed by atoms with Gasteiger partial charge >= 0.3 is 0 Å². The summed E-state index contributed by atoms with van der Waals surface area (Å²) in [6.45, 7) is 4.63. The van der Waals surface area contributed by atoms with Gasteiger partial charge in [0.2, 0.25) is 5.91 Å². The minimum Gasteiger partial charge on any atom is -0.356 e. The van der Waals surface area contributed by atoms with Crippen molar-refractivity contribution in [2.75, 3.05) is 6.54 Å². The summed E-state index contributed by atoms with van der Waals surface area (Å²) in [6, 6.07) is 0. The number of carbonyl (C=O) groups excluding carboxylic acids is 1. The van der Waals surface area contributed by atoms with E-state index < -0.39 is 0 Å². The molecule has 0 aromatic carbocycles. The zero-order valence-corrected chi connectivity index (χ0v) is 7.89. The van der Waals surface area contributed by atoms with E-state index >= 15 is 0 Å². The second-order valence-electron chi connectivity index (χ2n) is 2.91. The van der Waals surface area contributed by atoms with Gasteiger partial charge in [0, 0.05) is 18.9 Å². The zero-order chi connectivity index (χ0) is 9.40. The van der Waals surface area contributed by atoms with Crippen molar-refractivity contribution in [3.05, 3.63) is 0 Å². The monoisotopic (exact) mass is 167 g/mol. The standard InChI is InChI=1S/C10H17NO/c1-4-6-7-8-11-10(12)9(3)5-2/h1,9H,5-8H2,2-3H3,(H,11,12)/t9-/m0/s1. The maximum atomic E-state index is 11.2. The molecule has 1 N–H and O–H groups in total. The van der Waals surface area contributed by atoms with Crippen molar-refractivity contribution < 1.29 is 4.79 Å². The van der Waals surface area contributed by atoms with Gasteiger partial charge < -0.3 is 5.32 Å². The minimum absolute atomic E-state index is 0.121. The molecule has 0 unspecified atom stereocenters. The van der Waals surface area contributed by atoms with E-state index in [0.717, 1.165) is 19.3 Å². The molecule has 0 bridgehead atoms. The van der Waals surface area contributed by atoms with Gasteiger partial charge in [0.05, 0.1) is 0 Å². The average Bonchev–Trinajstić information content (AvgIpc) is 2.10. The van der Waals surface area contributed by atoms with E-state index in [1.807, 2.05) is 13.8 Å². The smallest absolute Gasteiger partial charge is 0.222 e. The first kappa shape index (κ1) is 11.0. The van der Waals surface area contributed by atoms with Crippen LogP contribution < -0.4 is 5.32 Å². The summed E-state index contributed by atoms with van der Waals surface area (Å²) >= 11 is 0. The van der Waals surface area contributed by atoms with E-state index in [1.165, 1.54) is 0 Å². The molecule has 1 atom stereocenters. The fourth-order valence-corrected chi connectivity index (χ4v) is 0.762. The van der Waals surface area contributed by atoms with Gasteiger partial charge in [-0.1, -0.05) is 13.8 Å². The molecule has 2 heteroatoms. The molecule has 0 heterocycles. The van der Waals surface area contributed by atoms with Gasteiger partial charge in [-0.15, -0.1) is 12.3 Å². The number of hydrogen-bond donors (Lipinski definition) is 1. The Morgan fingerprint density at radius 3 is 2.83 bits per heavy atom. The van der Waals surface area contributed by atoms with Crippen molar-refractivity contribution in [3.8, 4) is 12.3 Å². The van der Waals surface area contributed by atoms with Gasteiger partial charge in [0.25, 0.3) is 0 Å². The van der Waals surface area contributed by atoms with Crippen LogP contribution in [0.5, 0.6) is 0 Å². The van der Waals surface area contributed by atoms with Crippen LogP contribution in [0.4, 0.5) is 0 Å². The van der Waals surface area contributed by atoms with Gasteiger partial charge in [-0.3, -0.25) is 4.79 Å². The van der Waals surface area contributed by atoms with Crippen LogP contribution in [0.2, 0.25) is 0 Å². The Morgan fingerprint density at radius 2 is 2.33 bits per heavy atom. The first-order valence-electron chi connectivity index (χ1n) is 4.43. The number of terminal acetylenes is 1. The molecule has 0 radical (unpaired) electrons. The van der Waals surface area contributed by atoms with Crippen molar-refractivity contribution >= 4 is 5.91 Å². The highest BCUT2D eigenvalue weighted by Gasteiger charge is 2.08. The van der Waals surface area contributed by atoms with Crippen molar-refractivity contribution in [2.45, 2.75) is 33.1 Å². The Labute approximate surface area is 74.7 Å². The fourth-order valence-electron chi connectivity index (χ4n) is 0.762. The van der Waals surface area contributed by atoms with Gasteiger partial charge in [-0.25, -0.2) is 0 Å². The number of hydrogen-bond acceptors (Lipinski definition) is 1. The van der Waals surface area contributed by atoms with E-state index in [1.54, 1.807) is 0 Å². The highest BCUT2D eigenvalue weighted by Crippen LogP contribution is 1.99. The molecule has 0 aliphatic heterocycles. The van der Waals surface area contributed by atoms with Crippen LogP contribution in [0, 0.1) is 18.3 Å². The predicted molar refractivity (Wildman–Crippen MR) is 50.5 cm³/mol. The number of amides is 1. The number of rotatable bonds is 5. The Hall–Kier alpha value is -0.970. The lowest BCUT2D eigenvalue weighted by Crippen LogP contribution is -2.29. The summed E-state index contributed by atoms with van der Waals surface area (Å²) < 4.78 is 0. The summed E-state index contributed by atoms with van der Waals surface area (Å²) in [6.07, 6.45) is 7.57. The van der Waals surface area contributed by atoms with Crippen molar-refractivity contribution in [3.63, 3.8) is 0 Å². The number of unbranched alkanes of at least 4 members (excludes halogenated alkanes) is 1. The second-order valence-corrected chi connectivity index (χ2v) is 2.91. The molecule has 68 valence electrons. The quantitative estimate of drug-likeness (QED) is 0.488. The molecule has 12 heavy (non-hydrogen) atoms. The van der Waals surface area contributed by atoms with E-state index in [4.69, 9.17) is 6.42 Å². The van der Waals surface area contributed by atoms with Crippen LogP contribution >= 0.6 is 0 Å². The van der Waals surface area contributed by atoms with Crippen molar-refractivity contribution in [1.82, 2.24) is 5.32 Å². The molecule has 0 saturated carbocycles. The minimum atomic E-state index is 0.121. The third kappa shape index (κ3) is 4.79. The predicted octanol–water partition coefficient (Wildman–Crippen LogP) is 1.56. The highest BCUT2D eigenvalue weighted by molar-refractivity contribution is 5.78. The lowest BCUT2D eigenvalue weighted by Gasteiger charge is -2.08. The lowest BCUT2D eigenvalue weighted by molar-refractivity contribution is -0.124. The maximum Gasteiger partial charge on any atom is 0.222 e. The maximum absolute atomic E-state index is 11.2. The topological polar surface area (TPSA) is 29.1 Å². The third-order valence-electron chi connectivity index (χ3n) is 1.86. The number of nitrogens with one attached hydrogen (secondary N) is 1. The Kier molecular flexibility index (Phi) is 6.18. The van der Waals surface area contributed by atoms with E-state index in [-0.39, 0.29) is 11.8 Å². The zero-order valence-electron chi connectivity index (χ0n) is 7.89. The van der Waals surface area contributed by atoms with Gasteiger partial charge in [-0.2, -0.15) is 0 Å². The number of carbonyl (C=O) groups is 1. The fraction of sp³-hybridized carbons (Fsp3) is 0.700. The molecule has 0 aromatic rings. The molecule has 0 rings (SSSR count). The third-order valence-corrected chi connectivity index (χ3v) is 1.86. The van der Waals surface area contributed by atoms with E-state index in [2.05, 4.69) is 11.2 Å². The summed E-state index contributed by atoms with van der Waals surface area (Å²) in [7, 11) is 0. The van der Waals surface area contributed by atoms with Crippen LogP contribution in [-0.2, 0) is 4.79 Å². The molecule has 0 aliphatic rings. The molecule has 1 amide bonds. The van der Waals surface area contributed by atoms with Crippen LogP contribution in [-0.4, -0.2) is 12.5 Å². The molecule has 2 nitrogen and oxygen atoms in total. The van der Waals surface area contributed by atoms with Crippen LogP contribution in [0.25, 0.3) is 0 Å². The van der Waals surface area contributed by atoms with Crippen LogP contribution in [0.1, 0.15) is 33.1 Å². The largest absolute Gasteiger partial charge is 0.356 e. The summed E-state index contributed by atoms with van der Waals surface area (Å²) in [5, 5.41) is 2.83. The summed E-state index contributed by atoms with van der Waals surface area (Å²) in [4.78, 5) is 11.2. The molecule has 0 spiro atoms. The average molecular weight is 167 g/mol. The lowest BCUT2D eigenvalue weighted by atomic mass is 10.1.